The molecule has 0 aromatic heterocycles. The van der Waals surface area contributed by atoms with Crippen LogP contribution in [0.15, 0.2) is 36.1 Å². The van der Waals surface area contributed by atoms with Crippen LogP contribution in [0.25, 0.3) is 0 Å². The van der Waals surface area contributed by atoms with E-state index in [4.69, 9.17) is 20.3 Å². The van der Waals surface area contributed by atoms with Gasteiger partial charge < -0.3 is 20.3 Å². The van der Waals surface area contributed by atoms with Gasteiger partial charge in [0.1, 0.15) is 5.82 Å². The average Bonchev–Trinajstić information content (AvgIpc) is 2.52. The molecule has 1 amide bonds. The monoisotopic (exact) mass is 309 g/mol. The van der Waals surface area contributed by atoms with Crippen LogP contribution in [0, 0.1) is 5.82 Å². The van der Waals surface area contributed by atoms with Gasteiger partial charge in [0.2, 0.25) is 6.29 Å². The zero-order valence-electron chi connectivity index (χ0n) is 12.2. The maximum atomic E-state index is 13.0. The van der Waals surface area contributed by atoms with E-state index in [2.05, 4.69) is 0 Å². The molecule has 1 aliphatic heterocycles. The quantitative estimate of drug-likeness (QED) is 0.753. The SMILES string of the molecule is NC(=O)C1=C[C@H](c2ccc(F)cc2)C[C@H](OCCCCO)O1. The van der Waals surface area contributed by atoms with Crippen molar-refractivity contribution in [1.82, 2.24) is 0 Å². The molecule has 0 saturated heterocycles. The number of benzene rings is 1. The Hall–Kier alpha value is -1.92. The maximum absolute atomic E-state index is 13.0. The Kier molecular flexibility index (Phi) is 5.91. The highest BCUT2D eigenvalue weighted by Gasteiger charge is 2.27. The van der Waals surface area contributed by atoms with Crippen molar-refractivity contribution >= 4 is 5.91 Å². The summed E-state index contributed by atoms with van der Waals surface area (Å²) in [5, 5.41) is 8.74. The van der Waals surface area contributed by atoms with Crippen LogP contribution in [0.1, 0.15) is 30.7 Å². The van der Waals surface area contributed by atoms with Gasteiger partial charge in [-0.3, -0.25) is 4.79 Å². The lowest BCUT2D eigenvalue weighted by Crippen LogP contribution is -2.29. The molecule has 0 fully saturated rings. The Morgan fingerprint density at radius 2 is 2.09 bits per heavy atom. The van der Waals surface area contributed by atoms with Crippen molar-refractivity contribution in [3.8, 4) is 0 Å². The molecular formula is C16H20FNO4. The second-order valence-electron chi connectivity index (χ2n) is 5.14. The number of hydrogen-bond acceptors (Lipinski definition) is 4. The number of rotatable bonds is 7. The van der Waals surface area contributed by atoms with Crippen molar-refractivity contribution < 1.29 is 23.8 Å². The minimum Gasteiger partial charge on any atom is -0.459 e. The summed E-state index contributed by atoms with van der Waals surface area (Å²) in [6.07, 6.45) is 2.92. The first kappa shape index (κ1) is 16.5. The number of primary amides is 1. The number of amides is 1. The summed E-state index contributed by atoms with van der Waals surface area (Å²) in [7, 11) is 0. The van der Waals surface area contributed by atoms with Crippen LogP contribution in [-0.4, -0.2) is 30.5 Å². The minimum atomic E-state index is -0.657. The molecule has 0 radical (unpaired) electrons. The van der Waals surface area contributed by atoms with Crippen molar-refractivity contribution in [3.05, 3.63) is 47.5 Å². The largest absolute Gasteiger partial charge is 0.459 e. The number of carbonyl (C=O) groups excluding carboxylic acids is 1. The third kappa shape index (κ3) is 4.54. The highest BCUT2D eigenvalue weighted by molar-refractivity contribution is 5.90. The molecule has 6 heteroatoms. The second-order valence-corrected chi connectivity index (χ2v) is 5.14. The molecular weight excluding hydrogens is 289 g/mol. The van der Waals surface area contributed by atoms with E-state index in [0.29, 0.717) is 25.9 Å². The lowest BCUT2D eigenvalue weighted by Gasteiger charge is -2.28. The first-order valence-corrected chi connectivity index (χ1v) is 7.26. The van der Waals surface area contributed by atoms with Gasteiger partial charge in [-0.1, -0.05) is 12.1 Å². The van der Waals surface area contributed by atoms with Crippen LogP contribution in [0.3, 0.4) is 0 Å². The van der Waals surface area contributed by atoms with Crippen LogP contribution in [-0.2, 0) is 14.3 Å². The van der Waals surface area contributed by atoms with Gasteiger partial charge in [-0.25, -0.2) is 4.39 Å². The number of allylic oxidation sites excluding steroid dienone is 1. The van der Waals surface area contributed by atoms with Gasteiger partial charge in [0.05, 0.1) is 6.61 Å². The number of ether oxygens (including phenoxy) is 2. The van der Waals surface area contributed by atoms with Crippen LogP contribution in [0.4, 0.5) is 4.39 Å². The van der Waals surface area contributed by atoms with Gasteiger partial charge in [-0.2, -0.15) is 0 Å². The fourth-order valence-corrected chi connectivity index (χ4v) is 2.30. The van der Waals surface area contributed by atoms with E-state index in [1.54, 1.807) is 18.2 Å². The normalized spacial score (nSPS) is 21.1. The summed E-state index contributed by atoms with van der Waals surface area (Å²) < 4.78 is 24.0. The highest BCUT2D eigenvalue weighted by Crippen LogP contribution is 2.31. The maximum Gasteiger partial charge on any atom is 0.283 e. The predicted molar refractivity (Wildman–Crippen MR) is 78.2 cm³/mol. The number of aliphatic hydroxyl groups is 1. The van der Waals surface area contributed by atoms with Crippen molar-refractivity contribution in [2.24, 2.45) is 5.73 Å². The van der Waals surface area contributed by atoms with Crippen molar-refractivity contribution in [1.29, 1.82) is 0 Å². The molecule has 1 aromatic rings. The van der Waals surface area contributed by atoms with Gasteiger partial charge in [-0.05, 0) is 36.6 Å². The highest BCUT2D eigenvalue weighted by atomic mass is 19.1. The lowest BCUT2D eigenvalue weighted by molar-refractivity contribution is -0.144. The first-order chi connectivity index (χ1) is 10.6. The van der Waals surface area contributed by atoms with Gasteiger partial charge in [0.25, 0.3) is 5.91 Å². The van der Waals surface area contributed by atoms with Crippen LogP contribution >= 0.6 is 0 Å². The van der Waals surface area contributed by atoms with Crippen molar-refractivity contribution in [3.63, 3.8) is 0 Å². The number of carbonyl (C=O) groups is 1. The number of nitrogens with two attached hydrogens (primary N) is 1. The van der Waals surface area contributed by atoms with Gasteiger partial charge in [0, 0.05) is 18.9 Å². The van der Waals surface area contributed by atoms with E-state index < -0.39 is 12.2 Å². The van der Waals surface area contributed by atoms with Gasteiger partial charge in [0.15, 0.2) is 5.76 Å². The number of aliphatic hydroxyl groups excluding tert-OH is 1. The van der Waals surface area contributed by atoms with E-state index >= 15 is 0 Å². The summed E-state index contributed by atoms with van der Waals surface area (Å²) in [6.45, 7) is 0.535. The Morgan fingerprint density at radius 1 is 1.36 bits per heavy atom. The number of halogens is 1. The molecule has 0 unspecified atom stereocenters. The van der Waals surface area contributed by atoms with Crippen molar-refractivity contribution in [2.75, 3.05) is 13.2 Å². The molecule has 5 nitrogen and oxygen atoms in total. The second kappa shape index (κ2) is 7.91. The van der Waals surface area contributed by atoms with E-state index in [0.717, 1.165) is 5.56 Å². The first-order valence-electron chi connectivity index (χ1n) is 7.26. The van der Waals surface area contributed by atoms with Crippen LogP contribution in [0.5, 0.6) is 0 Å². The Morgan fingerprint density at radius 3 is 2.73 bits per heavy atom. The van der Waals surface area contributed by atoms with E-state index in [1.807, 2.05) is 0 Å². The molecule has 120 valence electrons. The lowest BCUT2D eigenvalue weighted by atomic mass is 9.93. The molecule has 1 aromatic carbocycles. The molecule has 0 bridgehead atoms. The Labute approximate surface area is 128 Å². The summed E-state index contributed by atoms with van der Waals surface area (Å²) in [4.78, 5) is 11.4. The molecule has 22 heavy (non-hydrogen) atoms. The third-order valence-corrected chi connectivity index (χ3v) is 3.45. The predicted octanol–water partition coefficient (Wildman–Crippen LogP) is 1.81. The molecule has 0 spiro atoms. The molecule has 2 rings (SSSR count). The van der Waals surface area contributed by atoms with E-state index in [1.165, 1.54) is 12.1 Å². The summed E-state index contributed by atoms with van der Waals surface area (Å²) >= 11 is 0. The molecule has 0 saturated carbocycles. The third-order valence-electron chi connectivity index (χ3n) is 3.45. The molecule has 0 aliphatic carbocycles. The summed E-state index contributed by atoms with van der Waals surface area (Å²) in [6, 6.07) is 6.09. The molecule has 1 aliphatic rings. The average molecular weight is 309 g/mol. The Bertz CT molecular complexity index is 529. The zero-order valence-corrected chi connectivity index (χ0v) is 12.2. The summed E-state index contributed by atoms with van der Waals surface area (Å²) in [5.74, 6) is -1.03. The fraction of sp³-hybridized carbons (Fsp3) is 0.438. The minimum absolute atomic E-state index is 0.0627. The standard InChI is InChI=1S/C16H20FNO4/c17-13-5-3-11(4-6-13)12-9-14(16(18)20)22-15(10-12)21-8-2-1-7-19/h3-6,9,12,15,19H,1-2,7-8,10H2,(H2,18,20)/t12-,15+/m0/s1. The van der Waals surface area contributed by atoms with Crippen LogP contribution < -0.4 is 5.73 Å². The van der Waals surface area contributed by atoms with E-state index in [-0.39, 0.29) is 24.1 Å². The van der Waals surface area contributed by atoms with Crippen LogP contribution in [0.2, 0.25) is 0 Å². The number of unbranched alkanes of at least 4 members (excludes halogenated alkanes) is 1. The van der Waals surface area contributed by atoms with Crippen molar-refractivity contribution in [2.45, 2.75) is 31.5 Å². The zero-order chi connectivity index (χ0) is 15.9. The summed E-state index contributed by atoms with van der Waals surface area (Å²) in [5.41, 5.74) is 6.16. The number of hydrogen-bond donors (Lipinski definition) is 2. The van der Waals surface area contributed by atoms with Gasteiger partial charge >= 0.3 is 0 Å². The topological polar surface area (TPSA) is 81.8 Å². The van der Waals surface area contributed by atoms with Gasteiger partial charge in [-0.15, -0.1) is 0 Å². The molecule has 3 N–H and O–H groups in total. The fourth-order valence-electron chi connectivity index (χ4n) is 2.30. The molecule has 1 heterocycles. The molecule has 2 atom stereocenters. The smallest absolute Gasteiger partial charge is 0.283 e. The van der Waals surface area contributed by atoms with E-state index in [9.17, 15) is 9.18 Å². The Balaban J connectivity index is 2.06.